The van der Waals surface area contributed by atoms with Crippen molar-refractivity contribution in [2.75, 3.05) is 0 Å². The molecule has 0 aliphatic rings. The highest BCUT2D eigenvalue weighted by Crippen LogP contribution is 2.23. The lowest BCUT2D eigenvalue weighted by Gasteiger charge is -2.16. The van der Waals surface area contributed by atoms with Gasteiger partial charge in [-0.15, -0.1) is 0 Å². The van der Waals surface area contributed by atoms with Crippen molar-refractivity contribution < 1.29 is 4.92 Å². The zero-order valence-corrected chi connectivity index (χ0v) is 16.6. The monoisotopic (exact) mass is 415 g/mol. The smallest absolute Gasteiger partial charge is 0.276 e. The Hall–Kier alpha value is -3.46. The standard InChI is InChI=1S/C19H18ClN5O4/c1-19(2,3)16-12(21-9-22-16)8-14-18(27)23-13(17(26)24-14)7-10-6-11(20)4-5-15(10)25(28)29/h4-9H,1-3H3,(H,21,22)(H,23,27)(H,24,26)/b13-7+,14-8+. The van der Waals surface area contributed by atoms with Gasteiger partial charge in [-0.05, 0) is 24.3 Å². The fourth-order valence-electron chi connectivity index (χ4n) is 2.81. The third-order valence-electron chi connectivity index (χ3n) is 4.17. The summed E-state index contributed by atoms with van der Waals surface area (Å²) in [6.07, 6.45) is 4.20. The van der Waals surface area contributed by atoms with E-state index in [1.165, 1.54) is 36.7 Å². The zero-order valence-electron chi connectivity index (χ0n) is 15.9. The number of hydrogen-bond acceptors (Lipinski definition) is 5. The first-order chi connectivity index (χ1) is 13.6. The van der Waals surface area contributed by atoms with Gasteiger partial charge >= 0.3 is 0 Å². The van der Waals surface area contributed by atoms with Gasteiger partial charge in [-0.3, -0.25) is 19.7 Å². The van der Waals surface area contributed by atoms with Crippen molar-refractivity contribution in [3.8, 4) is 0 Å². The molecule has 1 aromatic carbocycles. The third-order valence-corrected chi connectivity index (χ3v) is 4.41. The van der Waals surface area contributed by atoms with Gasteiger partial charge in [0.2, 0.25) is 0 Å². The van der Waals surface area contributed by atoms with Crippen molar-refractivity contribution in [1.29, 1.82) is 0 Å². The predicted octanol–water partition coefficient (Wildman–Crippen LogP) is 1.30. The molecule has 3 rings (SSSR count). The van der Waals surface area contributed by atoms with Gasteiger partial charge in [0.1, 0.15) is 10.7 Å². The lowest BCUT2D eigenvalue weighted by atomic mass is 9.90. The van der Waals surface area contributed by atoms with Crippen LogP contribution in [0.2, 0.25) is 5.02 Å². The molecule has 150 valence electrons. The van der Waals surface area contributed by atoms with Crippen LogP contribution in [-0.4, -0.2) is 24.9 Å². The number of halogens is 1. The van der Waals surface area contributed by atoms with E-state index in [-0.39, 0.29) is 32.4 Å². The minimum atomic E-state index is -0.613. The molecule has 0 radical (unpaired) electrons. The molecule has 0 saturated carbocycles. The van der Waals surface area contributed by atoms with Crippen LogP contribution in [0.3, 0.4) is 0 Å². The van der Waals surface area contributed by atoms with E-state index in [1.807, 2.05) is 20.8 Å². The number of rotatable bonds is 3. The Labute approximate surface area is 169 Å². The number of hydrogen-bond donors (Lipinski definition) is 3. The van der Waals surface area contributed by atoms with Gasteiger partial charge in [-0.2, -0.15) is 0 Å². The molecule has 0 unspecified atom stereocenters. The molecule has 0 spiro atoms. The van der Waals surface area contributed by atoms with Crippen LogP contribution in [-0.2, 0) is 5.41 Å². The largest absolute Gasteiger partial charge is 0.348 e. The van der Waals surface area contributed by atoms with E-state index in [2.05, 4.69) is 19.9 Å². The number of nitrogens with one attached hydrogen (secondary N) is 3. The summed E-state index contributed by atoms with van der Waals surface area (Å²) < 4.78 is 0. The topological polar surface area (TPSA) is 138 Å². The summed E-state index contributed by atoms with van der Waals surface area (Å²) in [6.45, 7) is 5.96. The number of nitrogens with zero attached hydrogens (tertiary/aromatic N) is 2. The van der Waals surface area contributed by atoms with Crippen molar-refractivity contribution in [2.45, 2.75) is 26.2 Å². The van der Waals surface area contributed by atoms with Gasteiger partial charge in [0, 0.05) is 22.2 Å². The normalized spacial score (nSPS) is 13.1. The van der Waals surface area contributed by atoms with Crippen LogP contribution < -0.4 is 21.8 Å². The van der Waals surface area contributed by atoms with Gasteiger partial charge in [-0.25, -0.2) is 4.98 Å². The van der Waals surface area contributed by atoms with Crippen molar-refractivity contribution in [2.24, 2.45) is 0 Å². The number of nitro benzene ring substituents is 1. The van der Waals surface area contributed by atoms with Crippen LogP contribution >= 0.6 is 11.6 Å². The van der Waals surface area contributed by atoms with E-state index in [0.717, 1.165) is 5.69 Å². The molecule has 0 fully saturated rings. The molecule has 3 aromatic rings. The van der Waals surface area contributed by atoms with Crippen LogP contribution in [0.5, 0.6) is 0 Å². The molecule has 0 aliphatic heterocycles. The Morgan fingerprint density at radius 2 is 1.72 bits per heavy atom. The maximum absolute atomic E-state index is 12.5. The maximum Gasteiger partial charge on any atom is 0.276 e. The van der Waals surface area contributed by atoms with Crippen molar-refractivity contribution >= 4 is 29.4 Å². The summed E-state index contributed by atoms with van der Waals surface area (Å²) in [5.41, 5.74) is -0.223. The summed E-state index contributed by atoms with van der Waals surface area (Å²) >= 11 is 5.90. The average molecular weight is 416 g/mol. The molecule has 0 amide bonds. The van der Waals surface area contributed by atoms with Crippen molar-refractivity contribution in [3.63, 3.8) is 0 Å². The second-order valence-electron chi connectivity index (χ2n) is 7.40. The maximum atomic E-state index is 12.5. The summed E-state index contributed by atoms with van der Waals surface area (Å²) in [6, 6.07) is 3.95. The van der Waals surface area contributed by atoms with Crippen LogP contribution in [0.4, 0.5) is 5.69 Å². The predicted molar refractivity (Wildman–Crippen MR) is 109 cm³/mol. The van der Waals surface area contributed by atoms with Gasteiger partial charge in [-0.1, -0.05) is 32.4 Å². The molecule has 3 N–H and O–H groups in total. The molecule has 0 saturated heterocycles. The molecular weight excluding hydrogens is 398 g/mol. The van der Waals surface area contributed by atoms with Gasteiger partial charge in [0.25, 0.3) is 16.8 Å². The summed E-state index contributed by atoms with van der Waals surface area (Å²) in [4.78, 5) is 47.7. The Bertz CT molecular complexity index is 1330. The Morgan fingerprint density at radius 3 is 2.31 bits per heavy atom. The minimum absolute atomic E-state index is 0.0188. The first-order valence-electron chi connectivity index (χ1n) is 8.60. The molecular formula is C19H18ClN5O4. The first-order valence-corrected chi connectivity index (χ1v) is 8.98. The summed E-state index contributed by atoms with van der Waals surface area (Å²) in [5, 5.41) is 11.3. The number of aromatic amines is 3. The molecule has 2 heterocycles. The SMILES string of the molecule is CC(C)(C)c1[nH]cnc1/C=c1/[nH]c(=O)/c(=C\c2cc(Cl)ccc2[N+](=O)[O-])[nH]c1=O. The van der Waals surface area contributed by atoms with Crippen LogP contribution in [0.1, 0.15) is 37.7 Å². The van der Waals surface area contributed by atoms with E-state index >= 15 is 0 Å². The van der Waals surface area contributed by atoms with Gasteiger partial charge in [0.15, 0.2) is 0 Å². The van der Waals surface area contributed by atoms with Crippen LogP contribution in [0.15, 0.2) is 34.1 Å². The zero-order chi connectivity index (χ0) is 21.3. The second kappa shape index (κ2) is 7.51. The molecule has 29 heavy (non-hydrogen) atoms. The van der Waals surface area contributed by atoms with Gasteiger partial charge < -0.3 is 15.0 Å². The molecule has 0 bridgehead atoms. The van der Waals surface area contributed by atoms with Crippen LogP contribution in [0.25, 0.3) is 12.2 Å². The fourth-order valence-corrected chi connectivity index (χ4v) is 2.99. The number of benzene rings is 1. The quantitative estimate of drug-likeness (QED) is 0.437. The van der Waals surface area contributed by atoms with E-state index in [0.29, 0.717) is 5.69 Å². The van der Waals surface area contributed by atoms with Gasteiger partial charge in [0.05, 0.1) is 22.5 Å². The molecule has 2 aromatic heterocycles. The molecule has 10 heteroatoms. The highest BCUT2D eigenvalue weighted by molar-refractivity contribution is 6.30. The van der Waals surface area contributed by atoms with Crippen LogP contribution in [0, 0.1) is 10.1 Å². The van der Waals surface area contributed by atoms with E-state index in [1.54, 1.807) is 0 Å². The second-order valence-corrected chi connectivity index (χ2v) is 7.83. The molecule has 0 atom stereocenters. The number of H-pyrrole nitrogens is 3. The number of nitro groups is 1. The molecule has 9 nitrogen and oxygen atoms in total. The Balaban J connectivity index is 2.19. The van der Waals surface area contributed by atoms with E-state index < -0.39 is 16.0 Å². The number of aromatic nitrogens is 4. The number of imidazole rings is 1. The Morgan fingerprint density at radius 1 is 1.10 bits per heavy atom. The minimum Gasteiger partial charge on any atom is -0.348 e. The lowest BCUT2D eigenvalue weighted by Crippen LogP contribution is -2.46. The van der Waals surface area contributed by atoms with E-state index in [4.69, 9.17) is 11.6 Å². The first kappa shape index (κ1) is 20.3. The highest BCUT2D eigenvalue weighted by Gasteiger charge is 2.19. The fraction of sp³-hybridized carbons (Fsp3) is 0.211. The summed E-state index contributed by atoms with van der Waals surface area (Å²) in [5.74, 6) is 0. The Kier molecular flexibility index (Phi) is 5.25. The summed E-state index contributed by atoms with van der Waals surface area (Å²) in [7, 11) is 0. The highest BCUT2D eigenvalue weighted by atomic mass is 35.5. The molecule has 0 aliphatic carbocycles. The van der Waals surface area contributed by atoms with Crippen molar-refractivity contribution in [3.05, 3.63) is 88.0 Å². The average Bonchev–Trinajstić information content (AvgIpc) is 3.07. The van der Waals surface area contributed by atoms with E-state index in [9.17, 15) is 19.7 Å². The van der Waals surface area contributed by atoms with Crippen molar-refractivity contribution in [1.82, 2.24) is 19.9 Å². The lowest BCUT2D eigenvalue weighted by molar-refractivity contribution is -0.385. The third kappa shape index (κ3) is 4.35.